The summed E-state index contributed by atoms with van der Waals surface area (Å²) >= 11 is 0. The van der Waals surface area contributed by atoms with E-state index < -0.39 is 9.84 Å². The van der Waals surface area contributed by atoms with Crippen molar-refractivity contribution in [3.05, 3.63) is 36.0 Å². The molecule has 3 rings (SSSR count). The van der Waals surface area contributed by atoms with Gasteiger partial charge in [-0.1, -0.05) is 26.3 Å². The Bertz CT molecular complexity index is 922. The molecule has 1 aromatic carbocycles. The zero-order valence-corrected chi connectivity index (χ0v) is 20.0. The van der Waals surface area contributed by atoms with E-state index in [1.807, 2.05) is 19.2 Å². The Kier molecular flexibility index (Phi) is 9.15. The van der Waals surface area contributed by atoms with Crippen molar-refractivity contribution in [2.75, 3.05) is 31.1 Å². The van der Waals surface area contributed by atoms with E-state index in [2.05, 4.69) is 35.0 Å². The number of piperidine rings is 1. The highest BCUT2D eigenvalue weighted by atomic mass is 32.2. The first-order valence-corrected chi connectivity index (χ1v) is 13.8. The number of fused-ring (bicyclic) bond motifs is 1. The molecule has 0 atom stereocenters. The van der Waals surface area contributed by atoms with Gasteiger partial charge in [0, 0.05) is 30.4 Å². The Balaban J connectivity index is 1.50. The van der Waals surface area contributed by atoms with E-state index >= 15 is 0 Å². The molecule has 2 heterocycles. The molecule has 0 spiro atoms. The molecule has 0 saturated carbocycles. The molecule has 1 saturated heterocycles. The van der Waals surface area contributed by atoms with E-state index in [1.165, 1.54) is 18.4 Å². The fraction of sp³-hybridized carbons (Fsp3) is 0.640. The predicted molar refractivity (Wildman–Crippen MR) is 129 cm³/mol. The molecule has 172 valence electrons. The van der Waals surface area contributed by atoms with Gasteiger partial charge in [-0.05, 0) is 75.3 Å². The van der Waals surface area contributed by atoms with Crippen LogP contribution in [0.15, 0.2) is 30.5 Å². The fourth-order valence-electron chi connectivity index (χ4n) is 4.33. The van der Waals surface area contributed by atoms with Crippen LogP contribution < -0.4 is 4.74 Å². The predicted octanol–water partition coefficient (Wildman–Crippen LogP) is 5.03. The number of ether oxygens (including phenoxy) is 1. The van der Waals surface area contributed by atoms with Crippen LogP contribution in [0.3, 0.4) is 0 Å². The molecule has 1 aromatic heterocycles. The lowest BCUT2D eigenvalue weighted by Gasteiger charge is -2.32. The molecular formula is C25H38N2O3S. The summed E-state index contributed by atoms with van der Waals surface area (Å²) in [6.07, 6.45) is 9.92. The zero-order chi connectivity index (χ0) is 22.1. The summed E-state index contributed by atoms with van der Waals surface area (Å²) in [7, 11) is -2.85. The van der Waals surface area contributed by atoms with Crippen LogP contribution in [0.25, 0.3) is 10.9 Å². The lowest BCUT2D eigenvalue weighted by molar-refractivity contribution is 0.101. The van der Waals surface area contributed by atoms with Crippen molar-refractivity contribution in [2.45, 2.75) is 71.3 Å². The maximum absolute atomic E-state index is 11.8. The Morgan fingerprint density at radius 2 is 1.87 bits per heavy atom. The largest absolute Gasteiger partial charge is 0.488 e. The molecule has 0 aliphatic carbocycles. The van der Waals surface area contributed by atoms with Gasteiger partial charge >= 0.3 is 0 Å². The number of hydrogen-bond donors (Lipinski definition) is 0. The zero-order valence-electron chi connectivity index (χ0n) is 19.2. The minimum absolute atomic E-state index is 0.216. The number of nitrogens with zero attached hydrogens (tertiary/aromatic N) is 2. The molecule has 0 bridgehead atoms. The van der Waals surface area contributed by atoms with Crippen LogP contribution in [0.4, 0.5) is 0 Å². The van der Waals surface area contributed by atoms with E-state index in [4.69, 9.17) is 4.74 Å². The summed E-state index contributed by atoms with van der Waals surface area (Å²) < 4.78 is 30.1. The van der Waals surface area contributed by atoms with Crippen LogP contribution in [-0.2, 0) is 16.3 Å². The van der Waals surface area contributed by atoms with Crippen molar-refractivity contribution in [1.82, 2.24) is 9.88 Å². The molecule has 1 aliphatic rings. The highest BCUT2D eigenvalue weighted by Gasteiger charge is 2.21. The Morgan fingerprint density at radius 3 is 2.61 bits per heavy atom. The van der Waals surface area contributed by atoms with Crippen LogP contribution >= 0.6 is 0 Å². The summed E-state index contributed by atoms with van der Waals surface area (Å²) in [4.78, 5) is 7.03. The number of rotatable bonds is 12. The quantitative estimate of drug-likeness (QED) is 0.428. The average molecular weight is 447 g/mol. The molecule has 2 aromatic rings. The number of sulfone groups is 1. The third-order valence-corrected chi connectivity index (χ3v) is 8.01. The highest BCUT2D eigenvalue weighted by molar-refractivity contribution is 7.91. The van der Waals surface area contributed by atoms with Crippen molar-refractivity contribution >= 4 is 20.7 Å². The van der Waals surface area contributed by atoms with Gasteiger partial charge in [0.25, 0.3) is 0 Å². The van der Waals surface area contributed by atoms with Crippen LogP contribution in [-0.4, -0.2) is 55.5 Å². The van der Waals surface area contributed by atoms with Crippen molar-refractivity contribution in [3.63, 3.8) is 0 Å². The van der Waals surface area contributed by atoms with Gasteiger partial charge in [-0.25, -0.2) is 8.42 Å². The molecule has 1 fully saturated rings. The minimum Gasteiger partial charge on any atom is -0.488 e. The normalized spacial score (nSPS) is 16.1. The third-order valence-electron chi connectivity index (χ3n) is 6.07. The number of likely N-dealkylation sites (tertiary alicyclic amines) is 1. The van der Waals surface area contributed by atoms with Crippen molar-refractivity contribution in [1.29, 1.82) is 0 Å². The maximum Gasteiger partial charge on any atom is 0.150 e. The Morgan fingerprint density at radius 1 is 1.06 bits per heavy atom. The Labute approximate surface area is 188 Å². The summed E-state index contributed by atoms with van der Waals surface area (Å²) in [5.74, 6) is 1.57. The summed E-state index contributed by atoms with van der Waals surface area (Å²) in [6.45, 7) is 7.13. The van der Waals surface area contributed by atoms with Crippen LogP contribution in [0, 0.1) is 0 Å². The molecule has 31 heavy (non-hydrogen) atoms. The molecule has 5 nitrogen and oxygen atoms in total. The molecule has 1 aliphatic heterocycles. The monoisotopic (exact) mass is 446 g/mol. The van der Waals surface area contributed by atoms with E-state index in [0.717, 1.165) is 68.4 Å². The highest BCUT2D eigenvalue weighted by Crippen LogP contribution is 2.29. The number of benzene rings is 1. The van der Waals surface area contributed by atoms with E-state index in [0.29, 0.717) is 17.9 Å². The second-order valence-corrected chi connectivity index (χ2v) is 11.1. The first-order chi connectivity index (χ1) is 15.0. The number of pyridine rings is 1. The smallest absolute Gasteiger partial charge is 0.150 e. The van der Waals surface area contributed by atoms with Crippen molar-refractivity contribution < 1.29 is 13.2 Å². The van der Waals surface area contributed by atoms with E-state index in [1.54, 1.807) is 0 Å². The molecule has 6 heteroatoms. The molecule has 0 N–H and O–H groups in total. The third kappa shape index (κ3) is 7.46. The van der Waals surface area contributed by atoms with Gasteiger partial charge in [-0.2, -0.15) is 0 Å². The fourth-order valence-corrected chi connectivity index (χ4v) is 5.80. The van der Waals surface area contributed by atoms with E-state index in [-0.39, 0.29) is 6.10 Å². The number of unbranched alkanes of at least 4 members (excludes halogenated alkanes) is 2. The van der Waals surface area contributed by atoms with Gasteiger partial charge in [-0.3, -0.25) is 4.98 Å². The number of hydrogen-bond acceptors (Lipinski definition) is 5. The van der Waals surface area contributed by atoms with Gasteiger partial charge in [-0.15, -0.1) is 0 Å². The first kappa shape index (κ1) is 24.0. The summed E-state index contributed by atoms with van der Waals surface area (Å²) in [5, 5.41) is 1.15. The van der Waals surface area contributed by atoms with Gasteiger partial charge < -0.3 is 9.64 Å². The molecule has 0 radical (unpaired) electrons. The number of aromatic nitrogens is 1. The van der Waals surface area contributed by atoms with Crippen LogP contribution in [0.5, 0.6) is 5.75 Å². The molecule has 0 amide bonds. The number of aryl methyl sites for hydroxylation is 1. The van der Waals surface area contributed by atoms with Gasteiger partial charge in [0.1, 0.15) is 27.2 Å². The first-order valence-electron chi connectivity index (χ1n) is 12.0. The topological polar surface area (TPSA) is 59.5 Å². The lowest BCUT2D eigenvalue weighted by Crippen LogP contribution is -2.38. The van der Waals surface area contributed by atoms with Gasteiger partial charge in [0.05, 0.1) is 5.75 Å². The second kappa shape index (κ2) is 11.8. The van der Waals surface area contributed by atoms with Crippen molar-refractivity contribution in [2.24, 2.45) is 0 Å². The van der Waals surface area contributed by atoms with Gasteiger partial charge in [0.15, 0.2) is 0 Å². The van der Waals surface area contributed by atoms with Crippen LogP contribution in [0.2, 0.25) is 0 Å². The van der Waals surface area contributed by atoms with E-state index in [9.17, 15) is 8.42 Å². The second-order valence-electron chi connectivity index (χ2n) is 8.79. The molecule has 0 unspecified atom stereocenters. The Hall–Kier alpha value is -1.66. The SMILES string of the molecule is CCCCc1cc(OC2CCN(CCCCS(=O)(=O)CCC)CC2)c2ncccc2c1. The maximum atomic E-state index is 11.8. The molecular weight excluding hydrogens is 408 g/mol. The standard InChI is InChI=1S/C25H38N2O3S/c1-3-5-9-21-19-22-10-8-13-26-25(22)24(20-21)30-23-11-15-27(16-12-23)14-6-7-18-31(28,29)17-4-2/h8,10,13,19-20,23H,3-7,9,11-12,14-18H2,1-2H3. The lowest BCUT2D eigenvalue weighted by atomic mass is 10.0. The summed E-state index contributed by atoms with van der Waals surface area (Å²) in [5.41, 5.74) is 2.28. The summed E-state index contributed by atoms with van der Waals surface area (Å²) in [6, 6.07) is 8.54. The van der Waals surface area contributed by atoms with Crippen LogP contribution in [0.1, 0.15) is 64.4 Å². The van der Waals surface area contributed by atoms with Gasteiger partial charge in [0.2, 0.25) is 0 Å². The average Bonchev–Trinajstić information content (AvgIpc) is 2.76. The van der Waals surface area contributed by atoms with Crippen molar-refractivity contribution in [3.8, 4) is 5.75 Å². The minimum atomic E-state index is -2.85.